The van der Waals surface area contributed by atoms with E-state index in [2.05, 4.69) is 10.6 Å². The Morgan fingerprint density at radius 1 is 1.50 bits per heavy atom. The topological polar surface area (TPSA) is 63.5 Å². The summed E-state index contributed by atoms with van der Waals surface area (Å²) in [5, 5.41) is 5.59. The molecule has 8 heteroatoms. The molecule has 1 aliphatic heterocycles. The predicted molar refractivity (Wildman–Crippen MR) is 77.2 cm³/mol. The third-order valence-electron chi connectivity index (χ3n) is 2.92. The fourth-order valence-corrected chi connectivity index (χ4v) is 2.31. The molecule has 1 fully saturated rings. The van der Waals surface area contributed by atoms with Crippen LogP contribution in [0.15, 0.2) is 22.8 Å². The molecule has 0 bridgehead atoms. The van der Waals surface area contributed by atoms with E-state index >= 15 is 0 Å². The SMILES string of the molecule is O=C(N[C@H](NC[C@H]1CCCO1)C(Cl)(Cl)Cl)c1ccco1. The van der Waals surface area contributed by atoms with Crippen LogP contribution in [-0.2, 0) is 4.74 Å². The van der Waals surface area contributed by atoms with Gasteiger partial charge in [0.05, 0.1) is 12.4 Å². The molecule has 0 unspecified atom stereocenters. The largest absolute Gasteiger partial charge is 0.459 e. The van der Waals surface area contributed by atoms with Crippen LogP contribution < -0.4 is 10.6 Å². The highest BCUT2D eigenvalue weighted by Gasteiger charge is 2.35. The van der Waals surface area contributed by atoms with Crippen molar-refractivity contribution in [3.8, 4) is 0 Å². The molecule has 1 aromatic rings. The van der Waals surface area contributed by atoms with Crippen LogP contribution in [0.25, 0.3) is 0 Å². The minimum Gasteiger partial charge on any atom is -0.459 e. The van der Waals surface area contributed by atoms with Crippen LogP contribution in [0.5, 0.6) is 0 Å². The fraction of sp³-hybridized carbons (Fsp3) is 0.583. The summed E-state index contributed by atoms with van der Waals surface area (Å²) in [6.07, 6.45) is 2.61. The second-order valence-electron chi connectivity index (χ2n) is 4.47. The highest BCUT2D eigenvalue weighted by atomic mass is 35.6. The van der Waals surface area contributed by atoms with Crippen molar-refractivity contribution < 1.29 is 13.9 Å². The van der Waals surface area contributed by atoms with Gasteiger partial charge < -0.3 is 14.5 Å². The summed E-state index contributed by atoms with van der Waals surface area (Å²) < 4.78 is 8.78. The van der Waals surface area contributed by atoms with Gasteiger partial charge in [-0.25, -0.2) is 0 Å². The van der Waals surface area contributed by atoms with Crippen molar-refractivity contribution in [2.24, 2.45) is 0 Å². The molecule has 0 aliphatic carbocycles. The van der Waals surface area contributed by atoms with Crippen LogP contribution in [0.3, 0.4) is 0 Å². The summed E-state index contributed by atoms with van der Waals surface area (Å²) in [7, 11) is 0. The summed E-state index contributed by atoms with van der Waals surface area (Å²) >= 11 is 17.6. The van der Waals surface area contributed by atoms with Crippen molar-refractivity contribution in [2.45, 2.75) is 28.9 Å². The summed E-state index contributed by atoms with van der Waals surface area (Å²) in [4.78, 5) is 11.9. The zero-order valence-corrected chi connectivity index (χ0v) is 12.8. The van der Waals surface area contributed by atoms with Gasteiger partial charge in [0, 0.05) is 13.2 Å². The molecule has 1 aromatic heterocycles. The maximum atomic E-state index is 11.9. The average molecular weight is 342 g/mol. The smallest absolute Gasteiger partial charge is 0.288 e. The number of hydrogen-bond donors (Lipinski definition) is 2. The molecule has 2 atom stereocenters. The Bertz CT molecular complexity index is 428. The normalized spacial score (nSPS) is 20.9. The van der Waals surface area contributed by atoms with Crippen molar-refractivity contribution in [1.29, 1.82) is 0 Å². The molecule has 0 aromatic carbocycles. The van der Waals surface area contributed by atoms with Crippen molar-refractivity contribution in [3.63, 3.8) is 0 Å². The lowest BCUT2D eigenvalue weighted by atomic mass is 10.2. The van der Waals surface area contributed by atoms with E-state index < -0.39 is 15.9 Å². The number of ether oxygens (including phenoxy) is 1. The quantitative estimate of drug-likeness (QED) is 0.638. The molecular formula is C12H15Cl3N2O3. The first-order valence-corrected chi connectivity index (χ1v) is 7.36. The standard InChI is InChI=1S/C12H15Cl3N2O3/c13-12(14,15)11(16-7-8-3-1-5-19-8)17-10(18)9-4-2-6-20-9/h2,4,6,8,11,16H,1,3,5,7H2,(H,17,18)/t8-,11+/m1/s1. The van der Waals surface area contributed by atoms with Crippen LogP contribution >= 0.6 is 34.8 Å². The van der Waals surface area contributed by atoms with E-state index in [1.165, 1.54) is 12.3 Å². The molecule has 112 valence electrons. The molecule has 5 nitrogen and oxygen atoms in total. The van der Waals surface area contributed by atoms with Crippen LogP contribution in [-0.4, -0.2) is 35.1 Å². The lowest BCUT2D eigenvalue weighted by Gasteiger charge is -2.27. The van der Waals surface area contributed by atoms with Crippen molar-refractivity contribution >= 4 is 40.7 Å². The monoisotopic (exact) mass is 340 g/mol. The van der Waals surface area contributed by atoms with Gasteiger partial charge in [-0.05, 0) is 25.0 Å². The zero-order valence-electron chi connectivity index (χ0n) is 10.6. The van der Waals surface area contributed by atoms with Gasteiger partial charge in [0.2, 0.25) is 3.79 Å². The van der Waals surface area contributed by atoms with Crippen molar-refractivity contribution in [1.82, 2.24) is 10.6 Å². The Morgan fingerprint density at radius 2 is 2.30 bits per heavy atom. The third-order valence-corrected chi connectivity index (χ3v) is 3.58. The fourth-order valence-electron chi connectivity index (χ4n) is 1.91. The zero-order chi connectivity index (χ0) is 14.6. The van der Waals surface area contributed by atoms with E-state index in [-0.39, 0.29) is 11.9 Å². The number of hydrogen-bond acceptors (Lipinski definition) is 4. The van der Waals surface area contributed by atoms with Gasteiger partial charge in [0.1, 0.15) is 6.17 Å². The lowest BCUT2D eigenvalue weighted by molar-refractivity contribution is 0.0872. The van der Waals surface area contributed by atoms with Gasteiger partial charge in [0.25, 0.3) is 5.91 Å². The molecule has 1 aliphatic rings. The van der Waals surface area contributed by atoms with E-state index in [1.54, 1.807) is 6.07 Å². The molecular weight excluding hydrogens is 327 g/mol. The molecule has 0 saturated carbocycles. The van der Waals surface area contributed by atoms with E-state index in [1.807, 2.05) is 0 Å². The third kappa shape index (κ3) is 4.53. The number of amides is 1. The first-order chi connectivity index (χ1) is 9.47. The highest BCUT2D eigenvalue weighted by Crippen LogP contribution is 2.29. The second kappa shape index (κ2) is 7.00. The summed E-state index contributed by atoms with van der Waals surface area (Å²) in [6.45, 7) is 1.24. The molecule has 0 spiro atoms. The molecule has 20 heavy (non-hydrogen) atoms. The van der Waals surface area contributed by atoms with E-state index in [4.69, 9.17) is 44.0 Å². The maximum Gasteiger partial charge on any atom is 0.288 e. The average Bonchev–Trinajstić information content (AvgIpc) is 3.04. The molecule has 2 rings (SSSR count). The van der Waals surface area contributed by atoms with Crippen LogP contribution in [0.1, 0.15) is 23.4 Å². The van der Waals surface area contributed by atoms with Gasteiger partial charge in [-0.2, -0.15) is 0 Å². The number of nitrogens with one attached hydrogen (secondary N) is 2. The Hall–Kier alpha value is -0.460. The molecule has 2 N–H and O–H groups in total. The van der Waals surface area contributed by atoms with E-state index in [0.717, 1.165) is 19.4 Å². The number of furan rings is 1. The maximum absolute atomic E-state index is 11.9. The number of rotatable bonds is 5. The van der Waals surface area contributed by atoms with Crippen LogP contribution in [0.2, 0.25) is 0 Å². The van der Waals surface area contributed by atoms with Gasteiger partial charge in [-0.15, -0.1) is 0 Å². The Kier molecular flexibility index (Phi) is 5.57. The number of carbonyl (C=O) groups is 1. The summed E-state index contributed by atoms with van der Waals surface area (Å²) in [6, 6.07) is 3.14. The Balaban J connectivity index is 1.91. The first kappa shape index (κ1) is 15.9. The van der Waals surface area contributed by atoms with Gasteiger partial charge in [-0.1, -0.05) is 34.8 Å². The van der Waals surface area contributed by atoms with Gasteiger partial charge >= 0.3 is 0 Å². The number of halogens is 3. The molecule has 0 radical (unpaired) electrons. The molecule has 1 amide bonds. The van der Waals surface area contributed by atoms with E-state index in [0.29, 0.717) is 6.54 Å². The Morgan fingerprint density at radius 3 is 2.85 bits per heavy atom. The van der Waals surface area contributed by atoms with Crippen molar-refractivity contribution in [2.75, 3.05) is 13.2 Å². The van der Waals surface area contributed by atoms with E-state index in [9.17, 15) is 4.79 Å². The number of alkyl halides is 3. The minimum absolute atomic E-state index is 0.0744. The van der Waals surface area contributed by atoms with Crippen molar-refractivity contribution in [3.05, 3.63) is 24.2 Å². The minimum atomic E-state index is -1.68. The predicted octanol–water partition coefficient (Wildman–Crippen LogP) is 2.47. The highest BCUT2D eigenvalue weighted by molar-refractivity contribution is 6.68. The summed E-state index contributed by atoms with van der Waals surface area (Å²) in [5.74, 6) is -0.297. The molecule has 2 heterocycles. The van der Waals surface area contributed by atoms with Crippen LogP contribution in [0, 0.1) is 0 Å². The van der Waals surface area contributed by atoms with Gasteiger partial charge in [0.15, 0.2) is 5.76 Å². The van der Waals surface area contributed by atoms with Crippen LogP contribution in [0.4, 0.5) is 0 Å². The first-order valence-electron chi connectivity index (χ1n) is 6.23. The number of carbonyl (C=O) groups excluding carboxylic acids is 1. The molecule has 1 saturated heterocycles. The second-order valence-corrected chi connectivity index (χ2v) is 6.84. The summed E-state index contributed by atoms with van der Waals surface area (Å²) in [5.41, 5.74) is 0. The lowest BCUT2D eigenvalue weighted by Crippen LogP contribution is -2.54. The Labute approximate surface area is 131 Å². The van der Waals surface area contributed by atoms with Gasteiger partial charge in [-0.3, -0.25) is 10.1 Å².